The van der Waals surface area contributed by atoms with Gasteiger partial charge in [-0.15, -0.1) is 0 Å². The van der Waals surface area contributed by atoms with E-state index in [0.717, 1.165) is 6.07 Å². The topological polar surface area (TPSA) is 65.5 Å². The summed E-state index contributed by atoms with van der Waals surface area (Å²) in [6, 6.07) is 6.86. The van der Waals surface area contributed by atoms with Crippen LogP contribution in [0.15, 0.2) is 34.7 Å². The molecule has 1 aromatic heterocycles. The Kier molecular flexibility index (Phi) is 3.43. The fraction of sp³-hybridized carbons (Fsp3) is 0.154. The standard InChI is InChI=1S/C13H12FNO3/c1-17-11-4-2-8(14)6-10(11)13(16)12-5-3-9(7-15)18-12/h2-6H,7,15H2,1H3. The van der Waals surface area contributed by atoms with Gasteiger partial charge in [0.25, 0.3) is 0 Å². The SMILES string of the molecule is COc1ccc(F)cc1C(=O)c1ccc(CN)o1. The van der Waals surface area contributed by atoms with Crippen molar-refractivity contribution in [3.8, 4) is 5.75 Å². The predicted molar refractivity (Wildman–Crippen MR) is 63.0 cm³/mol. The molecule has 4 nitrogen and oxygen atoms in total. The van der Waals surface area contributed by atoms with Crippen molar-refractivity contribution >= 4 is 5.78 Å². The Bertz CT molecular complexity index is 577. The number of ketones is 1. The van der Waals surface area contributed by atoms with E-state index in [1.807, 2.05) is 0 Å². The first-order valence-corrected chi connectivity index (χ1v) is 5.32. The van der Waals surface area contributed by atoms with Crippen LogP contribution in [0.25, 0.3) is 0 Å². The Balaban J connectivity index is 2.41. The lowest BCUT2D eigenvalue weighted by Crippen LogP contribution is -2.03. The summed E-state index contributed by atoms with van der Waals surface area (Å²) in [4.78, 5) is 12.1. The molecule has 0 aliphatic heterocycles. The van der Waals surface area contributed by atoms with Crippen molar-refractivity contribution in [1.29, 1.82) is 0 Å². The van der Waals surface area contributed by atoms with Crippen LogP contribution in [0.4, 0.5) is 4.39 Å². The molecule has 0 saturated carbocycles. The third-order valence-corrected chi connectivity index (χ3v) is 2.49. The molecule has 0 aliphatic carbocycles. The molecular formula is C13H12FNO3. The number of benzene rings is 1. The molecule has 2 aromatic rings. The molecule has 1 aromatic carbocycles. The monoisotopic (exact) mass is 249 g/mol. The second-order valence-corrected chi connectivity index (χ2v) is 3.64. The van der Waals surface area contributed by atoms with E-state index in [0.29, 0.717) is 11.5 Å². The molecule has 0 saturated heterocycles. The van der Waals surface area contributed by atoms with Gasteiger partial charge < -0.3 is 14.9 Å². The summed E-state index contributed by atoms with van der Waals surface area (Å²) in [6.45, 7) is 0.202. The first-order valence-electron chi connectivity index (χ1n) is 5.32. The van der Waals surface area contributed by atoms with E-state index < -0.39 is 11.6 Å². The smallest absolute Gasteiger partial charge is 0.232 e. The van der Waals surface area contributed by atoms with E-state index >= 15 is 0 Å². The minimum absolute atomic E-state index is 0.111. The molecule has 0 bridgehead atoms. The van der Waals surface area contributed by atoms with E-state index in [1.54, 1.807) is 6.07 Å². The number of hydrogen-bond donors (Lipinski definition) is 1. The highest BCUT2D eigenvalue weighted by atomic mass is 19.1. The average molecular weight is 249 g/mol. The third kappa shape index (κ3) is 2.26. The molecular weight excluding hydrogens is 237 g/mol. The second kappa shape index (κ2) is 5.01. The van der Waals surface area contributed by atoms with Gasteiger partial charge in [0.1, 0.15) is 17.3 Å². The molecule has 0 radical (unpaired) electrons. The summed E-state index contributed by atoms with van der Waals surface area (Å²) >= 11 is 0. The highest BCUT2D eigenvalue weighted by Gasteiger charge is 2.18. The van der Waals surface area contributed by atoms with E-state index in [4.69, 9.17) is 14.9 Å². The van der Waals surface area contributed by atoms with Crippen LogP contribution in [0, 0.1) is 5.82 Å². The molecule has 5 heteroatoms. The maximum Gasteiger partial charge on any atom is 0.232 e. The first-order chi connectivity index (χ1) is 8.65. The lowest BCUT2D eigenvalue weighted by atomic mass is 10.1. The van der Waals surface area contributed by atoms with Gasteiger partial charge in [-0.1, -0.05) is 0 Å². The summed E-state index contributed by atoms with van der Waals surface area (Å²) in [5.41, 5.74) is 5.51. The zero-order chi connectivity index (χ0) is 13.1. The second-order valence-electron chi connectivity index (χ2n) is 3.64. The molecule has 18 heavy (non-hydrogen) atoms. The quantitative estimate of drug-likeness (QED) is 0.843. The van der Waals surface area contributed by atoms with E-state index in [1.165, 1.54) is 25.3 Å². The van der Waals surface area contributed by atoms with Crippen LogP contribution in [0.1, 0.15) is 21.9 Å². The summed E-state index contributed by atoms with van der Waals surface area (Å²) in [6.07, 6.45) is 0. The van der Waals surface area contributed by atoms with Crippen molar-refractivity contribution in [3.63, 3.8) is 0 Å². The van der Waals surface area contributed by atoms with Crippen LogP contribution in [0.3, 0.4) is 0 Å². The molecule has 0 spiro atoms. The van der Waals surface area contributed by atoms with Crippen molar-refractivity contribution in [2.45, 2.75) is 6.54 Å². The lowest BCUT2D eigenvalue weighted by molar-refractivity contribution is 0.100. The van der Waals surface area contributed by atoms with E-state index in [9.17, 15) is 9.18 Å². The highest BCUT2D eigenvalue weighted by Crippen LogP contribution is 2.23. The van der Waals surface area contributed by atoms with Crippen molar-refractivity contribution < 1.29 is 18.3 Å². The number of nitrogens with two attached hydrogens (primary N) is 1. The molecule has 1 heterocycles. The molecule has 94 valence electrons. The minimum Gasteiger partial charge on any atom is -0.496 e. The Morgan fingerprint density at radius 3 is 2.78 bits per heavy atom. The molecule has 2 rings (SSSR count). The van der Waals surface area contributed by atoms with Crippen LogP contribution in [0.5, 0.6) is 5.75 Å². The summed E-state index contributed by atoms with van der Waals surface area (Å²) in [5, 5.41) is 0. The van der Waals surface area contributed by atoms with Crippen LogP contribution >= 0.6 is 0 Å². The molecule has 0 atom stereocenters. The van der Waals surface area contributed by atoms with Crippen LogP contribution < -0.4 is 10.5 Å². The number of furan rings is 1. The Labute approximate surface area is 103 Å². The van der Waals surface area contributed by atoms with Gasteiger partial charge in [0.05, 0.1) is 19.2 Å². The normalized spacial score (nSPS) is 10.4. The zero-order valence-corrected chi connectivity index (χ0v) is 9.77. The fourth-order valence-corrected chi connectivity index (χ4v) is 1.60. The fourth-order valence-electron chi connectivity index (χ4n) is 1.60. The summed E-state index contributed by atoms with van der Waals surface area (Å²) < 4.78 is 23.4. The summed E-state index contributed by atoms with van der Waals surface area (Å²) in [7, 11) is 1.41. The Morgan fingerprint density at radius 1 is 1.39 bits per heavy atom. The number of halogens is 1. The number of methoxy groups -OCH3 is 1. The molecule has 0 unspecified atom stereocenters. The minimum atomic E-state index is -0.509. The van der Waals surface area contributed by atoms with E-state index in [-0.39, 0.29) is 17.9 Å². The maximum absolute atomic E-state index is 13.2. The van der Waals surface area contributed by atoms with Gasteiger partial charge >= 0.3 is 0 Å². The first kappa shape index (κ1) is 12.3. The maximum atomic E-state index is 13.2. The average Bonchev–Trinajstić information content (AvgIpc) is 2.86. The predicted octanol–water partition coefficient (Wildman–Crippen LogP) is 2.12. The van der Waals surface area contributed by atoms with Crippen molar-refractivity contribution in [3.05, 3.63) is 53.2 Å². The number of ether oxygens (including phenoxy) is 1. The van der Waals surface area contributed by atoms with Gasteiger partial charge in [0.2, 0.25) is 5.78 Å². The largest absolute Gasteiger partial charge is 0.496 e. The number of rotatable bonds is 4. The van der Waals surface area contributed by atoms with Gasteiger partial charge in [0.15, 0.2) is 5.76 Å². The van der Waals surface area contributed by atoms with Gasteiger partial charge in [0, 0.05) is 0 Å². The molecule has 0 amide bonds. The van der Waals surface area contributed by atoms with Crippen molar-refractivity contribution in [1.82, 2.24) is 0 Å². The molecule has 0 fully saturated rings. The number of carbonyl (C=O) groups excluding carboxylic acids is 1. The Hall–Kier alpha value is -2.14. The van der Waals surface area contributed by atoms with Crippen molar-refractivity contribution in [2.24, 2.45) is 5.73 Å². The Morgan fingerprint density at radius 2 is 2.17 bits per heavy atom. The molecule has 2 N–H and O–H groups in total. The highest BCUT2D eigenvalue weighted by molar-refractivity contribution is 6.09. The van der Waals surface area contributed by atoms with Crippen molar-refractivity contribution in [2.75, 3.05) is 7.11 Å². The van der Waals surface area contributed by atoms with Gasteiger partial charge in [-0.05, 0) is 30.3 Å². The zero-order valence-electron chi connectivity index (χ0n) is 9.77. The number of carbonyl (C=O) groups is 1. The lowest BCUT2D eigenvalue weighted by Gasteiger charge is -2.06. The third-order valence-electron chi connectivity index (χ3n) is 2.49. The van der Waals surface area contributed by atoms with Crippen LogP contribution in [0.2, 0.25) is 0 Å². The van der Waals surface area contributed by atoms with Crippen LogP contribution in [-0.4, -0.2) is 12.9 Å². The number of hydrogen-bond acceptors (Lipinski definition) is 4. The summed E-state index contributed by atoms with van der Waals surface area (Å²) in [5.74, 6) is -0.0454. The molecule has 0 aliphatic rings. The van der Waals surface area contributed by atoms with Gasteiger partial charge in [-0.2, -0.15) is 0 Å². The van der Waals surface area contributed by atoms with Gasteiger partial charge in [-0.25, -0.2) is 4.39 Å². The van der Waals surface area contributed by atoms with Crippen LogP contribution in [-0.2, 0) is 6.54 Å². The van der Waals surface area contributed by atoms with E-state index in [2.05, 4.69) is 0 Å². The van der Waals surface area contributed by atoms with Gasteiger partial charge in [-0.3, -0.25) is 4.79 Å².